The van der Waals surface area contributed by atoms with Crippen molar-refractivity contribution in [1.29, 1.82) is 0 Å². The number of aryl methyl sites for hydroxylation is 2. The number of hydrogen-bond donors (Lipinski definition) is 0. The fourth-order valence-corrected chi connectivity index (χ4v) is 4.42. The van der Waals surface area contributed by atoms with Crippen LogP contribution in [0.25, 0.3) is 0 Å². The molecule has 4 rings (SSSR count). The van der Waals surface area contributed by atoms with Crippen LogP contribution in [0.2, 0.25) is 0 Å². The molecular weight excluding hydrogens is 344 g/mol. The van der Waals surface area contributed by atoms with Gasteiger partial charge in [0, 0.05) is 25.4 Å². The Kier molecular flexibility index (Phi) is 5.01. The van der Waals surface area contributed by atoms with Crippen LogP contribution in [0.4, 0.5) is 0 Å². The van der Waals surface area contributed by atoms with Crippen LogP contribution in [-0.4, -0.2) is 9.55 Å². The number of nitrogens with zero attached hydrogens (tertiary/aromatic N) is 2. The molecule has 0 spiro atoms. The number of rotatable bonds is 5. The molecule has 1 aliphatic carbocycles. The first-order chi connectivity index (χ1) is 13.4. The van der Waals surface area contributed by atoms with Crippen LogP contribution in [0, 0.1) is 0 Å². The summed E-state index contributed by atoms with van der Waals surface area (Å²) in [5.74, 6) is 2.25. The first-order valence-corrected chi connectivity index (χ1v) is 10.3. The highest BCUT2D eigenvalue weighted by molar-refractivity contribution is 5.39. The van der Waals surface area contributed by atoms with Gasteiger partial charge in [-0.3, -0.25) is 0 Å². The zero-order chi connectivity index (χ0) is 19.7. The number of hydrogen-bond acceptors (Lipinski definition) is 2. The molecule has 1 heterocycles. The van der Waals surface area contributed by atoms with E-state index >= 15 is 0 Å². The van der Waals surface area contributed by atoms with Gasteiger partial charge in [-0.05, 0) is 59.1 Å². The third-order valence-corrected chi connectivity index (χ3v) is 6.18. The lowest BCUT2D eigenvalue weighted by Gasteiger charge is -2.32. The zero-order valence-electron chi connectivity index (χ0n) is 17.4. The first-order valence-electron chi connectivity index (χ1n) is 10.3. The molecule has 1 aromatic heterocycles. The second-order valence-electron chi connectivity index (χ2n) is 8.70. The molecule has 0 radical (unpaired) electrons. The summed E-state index contributed by atoms with van der Waals surface area (Å²) in [5.41, 5.74) is 5.80. The van der Waals surface area contributed by atoms with Gasteiger partial charge in [-0.1, -0.05) is 51.1 Å². The lowest BCUT2D eigenvalue weighted by atomic mass is 9.72. The van der Waals surface area contributed by atoms with Gasteiger partial charge in [0.1, 0.15) is 18.2 Å². The highest BCUT2D eigenvalue weighted by atomic mass is 16.5. The second kappa shape index (κ2) is 7.46. The molecule has 3 nitrogen and oxygen atoms in total. The normalized spacial score (nSPS) is 16.4. The molecule has 1 atom stereocenters. The molecule has 28 heavy (non-hydrogen) atoms. The van der Waals surface area contributed by atoms with Crippen molar-refractivity contribution >= 4 is 0 Å². The van der Waals surface area contributed by atoms with E-state index in [1.165, 1.54) is 41.5 Å². The largest absolute Gasteiger partial charge is 0.489 e. The molecule has 2 aromatic carbocycles. The Morgan fingerprint density at radius 1 is 1.14 bits per heavy atom. The van der Waals surface area contributed by atoms with Crippen LogP contribution in [0.5, 0.6) is 5.75 Å². The van der Waals surface area contributed by atoms with Gasteiger partial charge in [-0.25, -0.2) is 4.98 Å². The Balaban J connectivity index is 1.42. The molecule has 0 saturated heterocycles. The number of aromatic nitrogens is 2. The minimum Gasteiger partial charge on any atom is -0.489 e. The lowest BCUT2D eigenvalue weighted by Crippen LogP contribution is -2.23. The van der Waals surface area contributed by atoms with Gasteiger partial charge in [0.25, 0.3) is 0 Å². The molecule has 0 unspecified atom stereocenters. The van der Waals surface area contributed by atoms with Gasteiger partial charge in [-0.2, -0.15) is 0 Å². The predicted molar refractivity (Wildman–Crippen MR) is 114 cm³/mol. The molecule has 3 aromatic rings. The Bertz CT molecular complexity index is 953. The highest BCUT2D eigenvalue weighted by Gasteiger charge is 2.27. The topological polar surface area (TPSA) is 27.1 Å². The minimum atomic E-state index is 0.262. The number of fused-ring (bicyclic) bond motifs is 1. The van der Waals surface area contributed by atoms with Gasteiger partial charge in [0.2, 0.25) is 0 Å². The van der Waals surface area contributed by atoms with Gasteiger partial charge in [-0.15, -0.1) is 0 Å². The maximum Gasteiger partial charge on any atom is 0.119 e. The van der Waals surface area contributed by atoms with E-state index in [0.29, 0.717) is 12.0 Å². The van der Waals surface area contributed by atoms with E-state index in [0.717, 1.165) is 11.6 Å². The van der Waals surface area contributed by atoms with Crippen LogP contribution in [0.1, 0.15) is 67.6 Å². The van der Waals surface area contributed by atoms with Gasteiger partial charge in [0.15, 0.2) is 0 Å². The van der Waals surface area contributed by atoms with Crippen molar-refractivity contribution in [2.75, 3.05) is 0 Å². The molecule has 0 bridgehead atoms. The smallest absolute Gasteiger partial charge is 0.119 e. The van der Waals surface area contributed by atoms with Crippen molar-refractivity contribution in [2.45, 2.75) is 58.0 Å². The molecule has 0 fully saturated rings. The zero-order valence-corrected chi connectivity index (χ0v) is 17.4. The summed E-state index contributed by atoms with van der Waals surface area (Å²) in [6.45, 7) is 7.51. The maximum atomic E-state index is 6.06. The van der Waals surface area contributed by atoms with Crippen molar-refractivity contribution in [3.05, 3.63) is 82.9 Å². The average Bonchev–Trinajstić information content (AvgIpc) is 3.12. The summed E-state index contributed by atoms with van der Waals surface area (Å²) in [7, 11) is 2.04. The number of ether oxygens (including phenoxy) is 1. The van der Waals surface area contributed by atoms with E-state index in [2.05, 4.69) is 72.8 Å². The summed E-state index contributed by atoms with van der Waals surface area (Å²) < 4.78 is 8.14. The molecular formula is C25H30N2O. The van der Waals surface area contributed by atoms with Crippen molar-refractivity contribution in [3.8, 4) is 5.75 Å². The monoisotopic (exact) mass is 374 g/mol. The molecule has 0 aliphatic heterocycles. The maximum absolute atomic E-state index is 6.06. The Hall–Kier alpha value is -2.55. The quantitative estimate of drug-likeness (QED) is 0.567. The van der Waals surface area contributed by atoms with Crippen molar-refractivity contribution in [2.24, 2.45) is 7.05 Å². The SMILES string of the molecule is C[C@@H](c1ccc(OCc2ccc3c(c2)CCCC3(C)C)cc1)c1nccn1C. The summed E-state index contributed by atoms with van der Waals surface area (Å²) in [6.07, 6.45) is 7.58. The Morgan fingerprint density at radius 2 is 1.93 bits per heavy atom. The van der Waals surface area contributed by atoms with E-state index in [-0.39, 0.29) is 5.92 Å². The van der Waals surface area contributed by atoms with E-state index in [9.17, 15) is 0 Å². The molecule has 146 valence electrons. The fraction of sp³-hybridized carbons (Fsp3) is 0.400. The molecule has 0 amide bonds. The van der Waals surface area contributed by atoms with E-state index < -0.39 is 0 Å². The van der Waals surface area contributed by atoms with Crippen LogP contribution >= 0.6 is 0 Å². The Labute approximate surface area is 168 Å². The summed E-state index contributed by atoms with van der Waals surface area (Å²) in [6, 6.07) is 15.3. The fourth-order valence-electron chi connectivity index (χ4n) is 4.42. The lowest BCUT2D eigenvalue weighted by molar-refractivity contribution is 0.305. The summed E-state index contributed by atoms with van der Waals surface area (Å²) >= 11 is 0. The van der Waals surface area contributed by atoms with Crippen LogP contribution < -0.4 is 4.74 Å². The van der Waals surface area contributed by atoms with Gasteiger partial charge in [0.05, 0.1) is 0 Å². The third-order valence-electron chi connectivity index (χ3n) is 6.18. The summed E-state index contributed by atoms with van der Waals surface area (Å²) in [4.78, 5) is 4.47. The van der Waals surface area contributed by atoms with Crippen molar-refractivity contribution in [3.63, 3.8) is 0 Å². The van der Waals surface area contributed by atoms with Crippen molar-refractivity contribution in [1.82, 2.24) is 9.55 Å². The number of imidazole rings is 1. The molecule has 0 saturated carbocycles. The van der Waals surface area contributed by atoms with Crippen molar-refractivity contribution < 1.29 is 4.74 Å². The van der Waals surface area contributed by atoms with Gasteiger partial charge >= 0.3 is 0 Å². The highest BCUT2D eigenvalue weighted by Crippen LogP contribution is 2.37. The standard InChI is InChI=1S/C25H30N2O/c1-18(24-26-14-15-27(24)4)20-8-10-22(11-9-20)28-17-19-7-12-23-21(16-19)6-5-13-25(23,2)3/h7-12,14-16,18H,5-6,13,17H2,1-4H3/t18-/m0/s1. The second-order valence-corrected chi connectivity index (χ2v) is 8.70. The summed E-state index contributed by atoms with van der Waals surface area (Å²) in [5, 5.41) is 0. The van der Waals surface area contributed by atoms with Crippen LogP contribution in [-0.2, 0) is 25.5 Å². The minimum absolute atomic E-state index is 0.262. The van der Waals surface area contributed by atoms with E-state index in [1.807, 2.05) is 19.4 Å². The Morgan fingerprint density at radius 3 is 2.64 bits per heavy atom. The third kappa shape index (κ3) is 3.71. The molecule has 0 N–H and O–H groups in total. The molecule has 1 aliphatic rings. The molecule has 3 heteroatoms. The van der Waals surface area contributed by atoms with Gasteiger partial charge < -0.3 is 9.30 Å². The first kappa shape index (κ1) is 18.8. The number of benzene rings is 2. The van der Waals surface area contributed by atoms with E-state index in [1.54, 1.807) is 0 Å². The van der Waals surface area contributed by atoms with Crippen LogP contribution in [0.3, 0.4) is 0 Å². The predicted octanol–water partition coefficient (Wildman–Crippen LogP) is 5.76. The average molecular weight is 375 g/mol. The van der Waals surface area contributed by atoms with E-state index in [4.69, 9.17) is 4.74 Å². The van der Waals surface area contributed by atoms with Crippen LogP contribution in [0.15, 0.2) is 54.9 Å².